The van der Waals surface area contributed by atoms with E-state index in [0.29, 0.717) is 0 Å². The van der Waals surface area contributed by atoms with Gasteiger partial charge in [0.1, 0.15) is 0 Å². The second-order valence-electron chi connectivity index (χ2n) is 6.74. The van der Waals surface area contributed by atoms with E-state index in [4.69, 9.17) is 5.73 Å². The van der Waals surface area contributed by atoms with E-state index < -0.39 is 0 Å². The summed E-state index contributed by atoms with van der Waals surface area (Å²) in [5, 5.41) is 0. The van der Waals surface area contributed by atoms with E-state index in [-0.39, 0.29) is 5.54 Å². The van der Waals surface area contributed by atoms with Crippen molar-refractivity contribution in [2.45, 2.75) is 63.3 Å². The largest absolute Gasteiger partial charge is 0.325 e. The first kappa shape index (κ1) is 12.2. The maximum atomic E-state index is 6.23. The highest BCUT2D eigenvalue weighted by Gasteiger charge is 2.37. The van der Waals surface area contributed by atoms with Crippen molar-refractivity contribution in [3.8, 4) is 0 Å². The van der Waals surface area contributed by atoms with Crippen LogP contribution in [-0.4, -0.2) is 5.54 Å². The summed E-state index contributed by atoms with van der Waals surface area (Å²) in [4.78, 5) is 0. The van der Waals surface area contributed by atoms with Crippen molar-refractivity contribution in [2.24, 2.45) is 11.7 Å². The van der Waals surface area contributed by atoms with E-state index in [0.717, 1.165) is 18.3 Å². The lowest BCUT2D eigenvalue weighted by atomic mass is 9.79. The van der Waals surface area contributed by atoms with Gasteiger partial charge in [0.15, 0.2) is 0 Å². The van der Waals surface area contributed by atoms with Crippen LogP contribution in [0.25, 0.3) is 0 Å². The highest BCUT2D eigenvalue weighted by atomic mass is 14.8. The van der Waals surface area contributed by atoms with Gasteiger partial charge in [0.05, 0.1) is 0 Å². The summed E-state index contributed by atoms with van der Waals surface area (Å²) in [6.07, 6.45) is 9.03. The predicted octanol–water partition coefficient (Wildman–Crippen LogP) is 4.01. The van der Waals surface area contributed by atoms with Gasteiger partial charge in [-0.3, -0.25) is 0 Å². The van der Waals surface area contributed by atoms with Crippen LogP contribution < -0.4 is 5.73 Å². The third-order valence-corrected chi connectivity index (χ3v) is 4.89. The van der Waals surface area contributed by atoms with Gasteiger partial charge in [-0.05, 0) is 55.1 Å². The third-order valence-electron chi connectivity index (χ3n) is 4.89. The Hall–Kier alpha value is -0.820. The molecule has 18 heavy (non-hydrogen) atoms. The molecule has 2 N–H and O–H groups in total. The van der Waals surface area contributed by atoms with Crippen LogP contribution in [0.4, 0.5) is 0 Å². The number of benzene rings is 1. The summed E-state index contributed by atoms with van der Waals surface area (Å²) in [5.41, 5.74) is 9.37. The van der Waals surface area contributed by atoms with Crippen LogP contribution in [0.2, 0.25) is 0 Å². The smallest absolute Gasteiger partial charge is 0.0196 e. The fourth-order valence-electron chi connectivity index (χ4n) is 3.29. The lowest BCUT2D eigenvalue weighted by molar-refractivity contribution is 0.348. The molecule has 0 saturated heterocycles. The van der Waals surface area contributed by atoms with Gasteiger partial charge in [-0.25, -0.2) is 0 Å². The van der Waals surface area contributed by atoms with Gasteiger partial charge in [0.25, 0.3) is 0 Å². The van der Waals surface area contributed by atoms with Crippen LogP contribution in [0.3, 0.4) is 0 Å². The molecular weight excluding hydrogens is 218 g/mol. The Labute approximate surface area is 111 Å². The number of rotatable bonds is 3. The Morgan fingerprint density at radius 1 is 1.17 bits per heavy atom. The van der Waals surface area contributed by atoms with Crippen LogP contribution in [0, 0.1) is 5.92 Å². The highest BCUT2D eigenvalue weighted by Crippen LogP contribution is 2.38. The number of hydrogen-bond donors (Lipinski definition) is 1. The summed E-state index contributed by atoms with van der Waals surface area (Å²) in [6.45, 7) is 2.39. The standard InChI is InChI=1S/C17H25N/c1-13-5-7-15(8-6-13)16-4-2-3-14(11-16)12-17(18)9-10-17/h2-4,11,13,15H,5-10,12,18H2,1H3. The van der Waals surface area contributed by atoms with Gasteiger partial charge in [-0.1, -0.05) is 44.0 Å². The van der Waals surface area contributed by atoms with Crippen LogP contribution in [0.5, 0.6) is 0 Å². The molecule has 0 aliphatic heterocycles. The topological polar surface area (TPSA) is 26.0 Å². The highest BCUT2D eigenvalue weighted by molar-refractivity contribution is 5.29. The van der Waals surface area contributed by atoms with Gasteiger partial charge in [-0.2, -0.15) is 0 Å². The van der Waals surface area contributed by atoms with Gasteiger partial charge in [-0.15, -0.1) is 0 Å². The molecule has 2 aliphatic carbocycles. The van der Waals surface area contributed by atoms with Crippen molar-refractivity contribution >= 4 is 0 Å². The van der Waals surface area contributed by atoms with Crippen LogP contribution >= 0.6 is 0 Å². The van der Waals surface area contributed by atoms with E-state index in [1.54, 1.807) is 5.56 Å². The molecule has 1 aromatic rings. The third kappa shape index (κ3) is 2.77. The molecule has 2 fully saturated rings. The number of nitrogens with two attached hydrogens (primary N) is 1. The van der Waals surface area contributed by atoms with Gasteiger partial charge in [0.2, 0.25) is 0 Å². The quantitative estimate of drug-likeness (QED) is 0.852. The molecule has 0 amide bonds. The van der Waals surface area contributed by atoms with Gasteiger partial charge >= 0.3 is 0 Å². The Morgan fingerprint density at radius 2 is 1.89 bits per heavy atom. The molecule has 1 nitrogen and oxygen atoms in total. The molecule has 1 aromatic carbocycles. The van der Waals surface area contributed by atoms with Crippen molar-refractivity contribution in [2.75, 3.05) is 0 Å². The molecule has 0 bridgehead atoms. The maximum absolute atomic E-state index is 6.23. The SMILES string of the molecule is CC1CCC(c2cccc(CC3(N)CC3)c2)CC1. The monoisotopic (exact) mass is 243 g/mol. The first-order chi connectivity index (χ1) is 8.65. The molecule has 2 aliphatic rings. The zero-order valence-electron chi connectivity index (χ0n) is 11.5. The zero-order valence-corrected chi connectivity index (χ0v) is 11.5. The second-order valence-corrected chi connectivity index (χ2v) is 6.74. The van der Waals surface area contributed by atoms with Crippen molar-refractivity contribution < 1.29 is 0 Å². The fraction of sp³-hybridized carbons (Fsp3) is 0.647. The predicted molar refractivity (Wildman–Crippen MR) is 76.7 cm³/mol. The van der Waals surface area contributed by atoms with E-state index in [1.807, 2.05) is 0 Å². The van der Waals surface area contributed by atoms with E-state index in [1.165, 1.54) is 44.1 Å². The Balaban J connectivity index is 1.70. The zero-order chi connectivity index (χ0) is 12.6. The van der Waals surface area contributed by atoms with E-state index in [2.05, 4.69) is 31.2 Å². The number of hydrogen-bond acceptors (Lipinski definition) is 1. The van der Waals surface area contributed by atoms with Crippen molar-refractivity contribution in [3.05, 3.63) is 35.4 Å². The average molecular weight is 243 g/mol. The first-order valence-electron chi connectivity index (χ1n) is 7.52. The van der Waals surface area contributed by atoms with Crippen molar-refractivity contribution in [1.82, 2.24) is 0 Å². The minimum atomic E-state index is 0.139. The van der Waals surface area contributed by atoms with Crippen LogP contribution in [0.1, 0.15) is 62.5 Å². The second kappa shape index (κ2) is 4.70. The summed E-state index contributed by atoms with van der Waals surface area (Å²) in [5.74, 6) is 1.73. The molecule has 0 spiro atoms. The molecule has 0 unspecified atom stereocenters. The Morgan fingerprint density at radius 3 is 2.56 bits per heavy atom. The molecule has 0 radical (unpaired) electrons. The lowest BCUT2D eigenvalue weighted by Gasteiger charge is -2.27. The molecule has 1 heteroatoms. The van der Waals surface area contributed by atoms with E-state index in [9.17, 15) is 0 Å². The Kier molecular flexibility index (Phi) is 3.19. The van der Waals surface area contributed by atoms with Crippen molar-refractivity contribution in [3.63, 3.8) is 0 Å². The summed E-state index contributed by atoms with van der Waals surface area (Å²) in [7, 11) is 0. The Bertz CT molecular complexity index is 411. The van der Waals surface area contributed by atoms with E-state index >= 15 is 0 Å². The van der Waals surface area contributed by atoms with Gasteiger partial charge < -0.3 is 5.73 Å². The molecule has 2 saturated carbocycles. The minimum absolute atomic E-state index is 0.139. The minimum Gasteiger partial charge on any atom is -0.325 e. The maximum Gasteiger partial charge on any atom is 0.0196 e. The summed E-state index contributed by atoms with van der Waals surface area (Å²) < 4.78 is 0. The average Bonchev–Trinajstić information content (AvgIpc) is 3.08. The van der Waals surface area contributed by atoms with Gasteiger partial charge in [0, 0.05) is 5.54 Å². The molecule has 0 atom stereocenters. The lowest BCUT2D eigenvalue weighted by Crippen LogP contribution is -2.24. The fourth-order valence-corrected chi connectivity index (χ4v) is 3.29. The molecule has 98 valence electrons. The van der Waals surface area contributed by atoms with Crippen LogP contribution in [-0.2, 0) is 6.42 Å². The summed E-state index contributed by atoms with van der Waals surface area (Å²) >= 11 is 0. The molecule has 0 heterocycles. The summed E-state index contributed by atoms with van der Waals surface area (Å²) in [6, 6.07) is 9.23. The van der Waals surface area contributed by atoms with Crippen molar-refractivity contribution in [1.29, 1.82) is 0 Å². The molecule has 0 aromatic heterocycles. The van der Waals surface area contributed by atoms with Crippen LogP contribution in [0.15, 0.2) is 24.3 Å². The normalized spacial score (nSPS) is 30.1. The molecule has 3 rings (SSSR count). The molecular formula is C17H25N. The first-order valence-corrected chi connectivity index (χ1v) is 7.52.